The summed E-state index contributed by atoms with van der Waals surface area (Å²) in [5.74, 6) is 0.757. The summed E-state index contributed by atoms with van der Waals surface area (Å²) < 4.78 is 0. The smallest absolute Gasteiger partial charge is 0.315 e. The number of nitrogens with one attached hydrogen (secondary N) is 3. The molecule has 1 aromatic rings. The maximum Gasteiger partial charge on any atom is 0.315 e. The van der Waals surface area contributed by atoms with Gasteiger partial charge in [-0.2, -0.15) is 0 Å². The lowest BCUT2D eigenvalue weighted by Gasteiger charge is -2.39. The van der Waals surface area contributed by atoms with Crippen LogP contribution in [-0.4, -0.2) is 48.6 Å². The molecule has 162 valence electrons. The molecule has 0 aromatic heterocycles. The summed E-state index contributed by atoms with van der Waals surface area (Å²) in [5, 5.41) is 9.37. The number of piperidine rings is 1. The Balaban J connectivity index is 0.00000300. The van der Waals surface area contributed by atoms with Crippen molar-refractivity contribution in [3.05, 3.63) is 35.9 Å². The lowest BCUT2D eigenvalue weighted by Crippen LogP contribution is -2.61. The van der Waals surface area contributed by atoms with Gasteiger partial charge in [0.05, 0.1) is 0 Å². The highest BCUT2D eigenvalue weighted by atomic mass is 35.5. The second kappa shape index (κ2) is 11.4. The van der Waals surface area contributed by atoms with E-state index in [0.717, 1.165) is 70.3 Å². The minimum absolute atomic E-state index is 0. The van der Waals surface area contributed by atoms with Crippen molar-refractivity contribution in [2.24, 2.45) is 5.92 Å². The van der Waals surface area contributed by atoms with Gasteiger partial charge in [-0.15, -0.1) is 12.4 Å². The number of urea groups is 1. The van der Waals surface area contributed by atoms with E-state index in [1.165, 1.54) is 0 Å². The Hall–Kier alpha value is -1.79. The lowest BCUT2D eigenvalue weighted by atomic mass is 9.91. The molecule has 0 spiro atoms. The van der Waals surface area contributed by atoms with E-state index in [9.17, 15) is 9.59 Å². The van der Waals surface area contributed by atoms with E-state index in [4.69, 9.17) is 0 Å². The van der Waals surface area contributed by atoms with Crippen molar-refractivity contribution in [1.29, 1.82) is 0 Å². The fraction of sp³-hybridized carbons (Fsp3) is 0.636. The molecule has 3 N–H and O–H groups in total. The van der Waals surface area contributed by atoms with E-state index in [-0.39, 0.29) is 24.3 Å². The van der Waals surface area contributed by atoms with E-state index in [1.807, 2.05) is 35.2 Å². The fourth-order valence-corrected chi connectivity index (χ4v) is 4.40. The average Bonchev–Trinajstić information content (AvgIpc) is 3.21. The Morgan fingerprint density at radius 1 is 1.10 bits per heavy atom. The minimum Gasteiger partial charge on any atom is -0.341 e. The molecule has 2 aliphatic rings. The SMILES string of the molecule is CCNCC1CCN(C(=O)C2(NC(=O)NCc3ccccc3)CCCC2)CC1.Cl. The third-order valence-corrected chi connectivity index (χ3v) is 6.10. The Labute approximate surface area is 180 Å². The topological polar surface area (TPSA) is 73.5 Å². The summed E-state index contributed by atoms with van der Waals surface area (Å²) in [4.78, 5) is 27.8. The normalized spacial score (nSPS) is 18.7. The molecular weight excluding hydrogens is 388 g/mol. The van der Waals surface area contributed by atoms with Gasteiger partial charge in [-0.05, 0) is 50.3 Å². The van der Waals surface area contributed by atoms with E-state index in [0.29, 0.717) is 12.5 Å². The monoisotopic (exact) mass is 422 g/mol. The van der Waals surface area contributed by atoms with Gasteiger partial charge in [-0.3, -0.25) is 4.79 Å². The molecule has 0 radical (unpaired) electrons. The highest BCUT2D eigenvalue weighted by molar-refractivity contribution is 5.91. The zero-order chi connectivity index (χ0) is 19.8. The summed E-state index contributed by atoms with van der Waals surface area (Å²) in [7, 11) is 0. The van der Waals surface area contributed by atoms with Crippen LogP contribution in [0.1, 0.15) is 51.0 Å². The zero-order valence-corrected chi connectivity index (χ0v) is 18.2. The summed E-state index contributed by atoms with van der Waals surface area (Å²) in [6.45, 7) is 6.20. The first-order valence-electron chi connectivity index (χ1n) is 10.7. The van der Waals surface area contributed by atoms with Crippen LogP contribution in [0.15, 0.2) is 30.3 Å². The van der Waals surface area contributed by atoms with E-state index >= 15 is 0 Å². The highest BCUT2D eigenvalue weighted by Gasteiger charge is 2.45. The number of nitrogens with zero attached hydrogens (tertiary/aromatic N) is 1. The van der Waals surface area contributed by atoms with Crippen molar-refractivity contribution in [2.75, 3.05) is 26.2 Å². The molecule has 1 aromatic carbocycles. The molecule has 2 fully saturated rings. The van der Waals surface area contributed by atoms with Crippen molar-refractivity contribution < 1.29 is 9.59 Å². The number of carbonyl (C=O) groups is 2. The summed E-state index contributed by atoms with van der Waals surface area (Å²) >= 11 is 0. The van der Waals surface area contributed by atoms with Crippen LogP contribution >= 0.6 is 12.4 Å². The first-order valence-corrected chi connectivity index (χ1v) is 10.7. The van der Waals surface area contributed by atoms with Crippen LogP contribution in [0.25, 0.3) is 0 Å². The van der Waals surface area contributed by atoms with Crippen molar-refractivity contribution in [1.82, 2.24) is 20.9 Å². The van der Waals surface area contributed by atoms with Crippen LogP contribution in [-0.2, 0) is 11.3 Å². The summed E-state index contributed by atoms with van der Waals surface area (Å²) in [6.07, 6.45) is 5.52. The summed E-state index contributed by atoms with van der Waals surface area (Å²) in [5.41, 5.74) is 0.321. The van der Waals surface area contributed by atoms with Gasteiger partial charge in [-0.25, -0.2) is 4.79 Å². The number of rotatable bonds is 7. The molecule has 0 bridgehead atoms. The van der Waals surface area contributed by atoms with E-state index in [1.54, 1.807) is 0 Å². The molecule has 3 amide bonds. The molecule has 1 saturated heterocycles. The maximum absolute atomic E-state index is 13.3. The molecule has 29 heavy (non-hydrogen) atoms. The van der Waals surface area contributed by atoms with Crippen molar-refractivity contribution in [3.63, 3.8) is 0 Å². The predicted molar refractivity (Wildman–Crippen MR) is 118 cm³/mol. The third-order valence-electron chi connectivity index (χ3n) is 6.10. The van der Waals surface area contributed by atoms with Gasteiger partial charge >= 0.3 is 6.03 Å². The standard InChI is InChI=1S/C22H34N4O2.ClH/c1-2-23-16-19-10-14-26(15-11-19)20(27)22(12-6-7-13-22)25-21(28)24-17-18-8-4-3-5-9-18;/h3-5,8-9,19,23H,2,6-7,10-17H2,1H3,(H2,24,25,28);1H. The number of hydrogen-bond donors (Lipinski definition) is 3. The molecule has 1 aliphatic carbocycles. The predicted octanol–water partition coefficient (Wildman–Crippen LogP) is 3.07. The third kappa shape index (κ3) is 6.34. The molecule has 0 atom stereocenters. The number of carbonyl (C=O) groups excluding carboxylic acids is 2. The number of benzene rings is 1. The molecule has 1 heterocycles. The molecule has 3 rings (SSSR count). The van der Waals surface area contributed by atoms with Crippen LogP contribution in [0.3, 0.4) is 0 Å². The Morgan fingerprint density at radius 2 is 1.76 bits per heavy atom. The Morgan fingerprint density at radius 3 is 2.38 bits per heavy atom. The first-order chi connectivity index (χ1) is 13.6. The van der Waals surface area contributed by atoms with Gasteiger partial charge in [-0.1, -0.05) is 50.1 Å². The molecule has 7 heteroatoms. The van der Waals surface area contributed by atoms with Gasteiger partial charge in [0.15, 0.2) is 0 Å². The van der Waals surface area contributed by atoms with Crippen molar-refractivity contribution >= 4 is 24.3 Å². The number of hydrogen-bond acceptors (Lipinski definition) is 3. The molecular formula is C22H35ClN4O2. The molecule has 1 aliphatic heterocycles. The fourth-order valence-electron chi connectivity index (χ4n) is 4.40. The Kier molecular flexibility index (Phi) is 9.24. The van der Waals surface area contributed by atoms with Crippen LogP contribution in [0.2, 0.25) is 0 Å². The zero-order valence-electron chi connectivity index (χ0n) is 17.4. The minimum atomic E-state index is -0.727. The van der Waals surface area contributed by atoms with Gasteiger partial charge in [0.1, 0.15) is 5.54 Å². The van der Waals surface area contributed by atoms with Gasteiger partial charge in [0, 0.05) is 19.6 Å². The number of likely N-dealkylation sites (tertiary alicyclic amines) is 1. The van der Waals surface area contributed by atoms with Crippen molar-refractivity contribution in [3.8, 4) is 0 Å². The van der Waals surface area contributed by atoms with E-state index < -0.39 is 5.54 Å². The van der Waals surface area contributed by atoms with Crippen LogP contribution in [0.5, 0.6) is 0 Å². The average molecular weight is 423 g/mol. The van der Waals surface area contributed by atoms with Crippen LogP contribution < -0.4 is 16.0 Å². The van der Waals surface area contributed by atoms with Crippen LogP contribution in [0, 0.1) is 5.92 Å². The maximum atomic E-state index is 13.3. The molecule has 0 unspecified atom stereocenters. The summed E-state index contributed by atoms with van der Waals surface area (Å²) in [6, 6.07) is 9.58. The second-order valence-electron chi connectivity index (χ2n) is 8.13. The quantitative estimate of drug-likeness (QED) is 0.632. The largest absolute Gasteiger partial charge is 0.341 e. The number of halogens is 1. The van der Waals surface area contributed by atoms with Gasteiger partial charge < -0.3 is 20.9 Å². The van der Waals surface area contributed by atoms with E-state index in [2.05, 4.69) is 22.9 Å². The van der Waals surface area contributed by atoms with Crippen molar-refractivity contribution in [2.45, 2.75) is 57.5 Å². The number of amides is 3. The lowest BCUT2D eigenvalue weighted by molar-refractivity contribution is -0.139. The Bertz CT molecular complexity index is 641. The molecule has 1 saturated carbocycles. The van der Waals surface area contributed by atoms with Gasteiger partial charge in [0.25, 0.3) is 0 Å². The highest BCUT2D eigenvalue weighted by Crippen LogP contribution is 2.33. The van der Waals surface area contributed by atoms with Crippen LogP contribution in [0.4, 0.5) is 4.79 Å². The van der Waals surface area contributed by atoms with Gasteiger partial charge in [0.2, 0.25) is 5.91 Å². The molecule has 6 nitrogen and oxygen atoms in total. The second-order valence-corrected chi connectivity index (χ2v) is 8.13. The first kappa shape index (κ1) is 23.5.